The van der Waals surface area contributed by atoms with Crippen molar-refractivity contribution in [3.8, 4) is 11.3 Å². The van der Waals surface area contributed by atoms with E-state index in [1.807, 2.05) is 43.3 Å². The van der Waals surface area contributed by atoms with Gasteiger partial charge in [-0.2, -0.15) is 13.2 Å². The Bertz CT molecular complexity index is 861. The highest BCUT2D eigenvalue weighted by Gasteiger charge is 2.30. The lowest BCUT2D eigenvalue weighted by atomic mass is 10.1. The van der Waals surface area contributed by atoms with Gasteiger partial charge in [0.1, 0.15) is 5.03 Å². The molecule has 0 aliphatic rings. The largest absolute Gasteiger partial charge is 0.416 e. The first-order valence-electron chi connectivity index (χ1n) is 7.62. The second-order valence-corrected chi connectivity index (χ2v) is 6.55. The molecule has 25 heavy (non-hydrogen) atoms. The van der Waals surface area contributed by atoms with Crippen molar-refractivity contribution in [3.63, 3.8) is 0 Å². The van der Waals surface area contributed by atoms with Crippen molar-refractivity contribution >= 4 is 11.8 Å². The zero-order valence-corrected chi connectivity index (χ0v) is 14.2. The van der Waals surface area contributed by atoms with Crippen molar-refractivity contribution in [2.75, 3.05) is 0 Å². The summed E-state index contributed by atoms with van der Waals surface area (Å²) in [5, 5.41) is 9.08. The van der Waals surface area contributed by atoms with Crippen LogP contribution in [0.2, 0.25) is 0 Å². The number of nitrogens with zero attached hydrogens (tertiary/aromatic N) is 2. The van der Waals surface area contributed by atoms with Crippen LogP contribution in [0.1, 0.15) is 16.7 Å². The normalized spacial score (nSPS) is 11.5. The third kappa shape index (κ3) is 4.39. The number of aryl methyl sites for hydroxylation is 1. The van der Waals surface area contributed by atoms with E-state index in [-0.39, 0.29) is 0 Å². The molecule has 2 aromatic carbocycles. The Balaban J connectivity index is 1.70. The highest BCUT2D eigenvalue weighted by Crippen LogP contribution is 2.31. The van der Waals surface area contributed by atoms with Crippen molar-refractivity contribution in [1.82, 2.24) is 10.2 Å². The van der Waals surface area contributed by atoms with Crippen LogP contribution in [0.25, 0.3) is 11.3 Å². The van der Waals surface area contributed by atoms with Gasteiger partial charge >= 0.3 is 6.18 Å². The van der Waals surface area contributed by atoms with Gasteiger partial charge in [0.2, 0.25) is 0 Å². The van der Waals surface area contributed by atoms with E-state index in [4.69, 9.17) is 0 Å². The summed E-state index contributed by atoms with van der Waals surface area (Å²) in [7, 11) is 0. The molecule has 6 heteroatoms. The second kappa shape index (κ2) is 7.27. The molecule has 128 valence electrons. The van der Waals surface area contributed by atoms with E-state index in [0.29, 0.717) is 16.3 Å². The van der Waals surface area contributed by atoms with Gasteiger partial charge in [0.15, 0.2) is 0 Å². The van der Waals surface area contributed by atoms with Crippen molar-refractivity contribution in [3.05, 3.63) is 77.4 Å². The standard InChI is InChI=1S/C19H15F3N2S/c1-13-5-2-3-8-16(13)17-9-10-18(24-23-17)25-12-14-6-4-7-15(11-14)19(20,21)22/h2-11H,12H2,1H3. The predicted octanol–water partition coefficient (Wildman–Crippen LogP) is 5.76. The number of hydrogen-bond donors (Lipinski definition) is 0. The molecule has 3 rings (SSSR count). The van der Waals surface area contributed by atoms with Crippen molar-refractivity contribution in [1.29, 1.82) is 0 Å². The number of benzene rings is 2. The lowest BCUT2D eigenvalue weighted by Crippen LogP contribution is -2.04. The predicted molar refractivity (Wildman–Crippen MR) is 93.2 cm³/mol. The van der Waals surface area contributed by atoms with Crippen molar-refractivity contribution in [2.24, 2.45) is 0 Å². The van der Waals surface area contributed by atoms with Crippen LogP contribution in [0, 0.1) is 6.92 Å². The Morgan fingerprint density at radius 2 is 1.72 bits per heavy atom. The summed E-state index contributed by atoms with van der Waals surface area (Å²) in [6.07, 6.45) is -4.32. The van der Waals surface area contributed by atoms with Crippen LogP contribution in [0.4, 0.5) is 13.2 Å². The molecule has 0 unspecified atom stereocenters. The lowest BCUT2D eigenvalue weighted by molar-refractivity contribution is -0.137. The fourth-order valence-electron chi connectivity index (χ4n) is 2.40. The van der Waals surface area contributed by atoms with Crippen LogP contribution >= 0.6 is 11.8 Å². The minimum absolute atomic E-state index is 0.405. The molecule has 0 aliphatic carbocycles. The highest BCUT2D eigenvalue weighted by atomic mass is 32.2. The fourth-order valence-corrected chi connectivity index (χ4v) is 3.15. The van der Waals surface area contributed by atoms with Crippen molar-refractivity contribution in [2.45, 2.75) is 23.9 Å². The van der Waals surface area contributed by atoms with Crippen LogP contribution in [-0.2, 0) is 11.9 Å². The quantitative estimate of drug-likeness (QED) is 0.553. The molecule has 0 fully saturated rings. The van der Waals surface area contributed by atoms with Crippen LogP contribution in [-0.4, -0.2) is 10.2 Å². The van der Waals surface area contributed by atoms with Crippen LogP contribution < -0.4 is 0 Å². The number of alkyl halides is 3. The van der Waals surface area contributed by atoms with Gasteiger partial charge in [-0.05, 0) is 36.2 Å². The number of thioether (sulfide) groups is 1. The maximum atomic E-state index is 12.7. The maximum absolute atomic E-state index is 12.7. The lowest BCUT2D eigenvalue weighted by Gasteiger charge is -2.08. The highest BCUT2D eigenvalue weighted by molar-refractivity contribution is 7.98. The average Bonchev–Trinajstić information content (AvgIpc) is 2.60. The molecule has 0 amide bonds. The van der Waals surface area contributed by atoms with E-state index in [9.17, 15) is 13.2 Å². The van der Waals surface area contributed by atoms with E-state index in [1.165, 1.54) is 23.9 Å². The van der Waals surface area contributed by atoms with Gasteiger partial charge in [-0.3, -0.25) is 0 Å². The van der Waals surface area contributed by atoms with E-state index >= 15 is 0 Å². The molecule has 0 spiro atoms. The first kappa shape index (κ1) is 17.5. The minimum Gasteiger partial charge on any atom is -0.166 e. The van der Waals surface area contributed by atoms with Gasteiger partial charge < -0.3 is 0 Å². The molecular weight excluding hydrogens is 345 g/mol. The van der Waals surface area contributed by atoms with Crippen LogP contribution in [0.15, 0.2) is 65.7 Å². The summed E-state index contributed by atoms with van der Waals surface area (Å²) in [6.45, 7) is 2.01. The van der Waals surface area contributed by atoms with E-state index in [0.717, 1.165) is 22.9 Å². The Kier molecular flexibility index (Phi) is 5.08. The van der Waals surface area contributed by atoms with E-state index in [1.54, 1.807) is 6.07 Å². The summed E-state index contributed by atoms with van der Waals surface area (Å²) in [6, 6.07) is 17.0. The molecule has 0 saturated heterocycles. The van der Waals surface area contributed by atoms with E-state index in [2.05, 4.69) is 10.2 Å². The first-order valence-corrected chi connectivity index (χ1v) is 8.61. The van der Waals surface area contributed by atoms with E-state index < -0.39 is 11.7 Å². The fraction of sp³-hybridized carbons (Fsp3) is 0.158. The monoisotopic (exact) mass is 360 g/mol. The summed E-state index contributed by atoms with van der Waals surface area (Å²) in [4.78, 5) is 0. The zero-order valence-electron chi connectivity index (χ0n) is 13.4. The Morgan fingerprint density at radius 3 is 2.40 bits per heavy atom. The summed E-state index contributed by atoms with van der Waals surface area (Å²) in [5.41, 5.74) is 2.88. The molecule has 0 aliphatic heterocycles. The molecular formula is C19H15F3N2S. The van der Waals surface area contributed by atoms with Crippen LogP contribution in [0.3, 0.4) is 0 Å². The van der Waals surface area contributed by atoms with Gasteiger partial charge in [0.25, 0.3) is 0 Å². The number of halogens is 3. The molecule has 0 bridgehead atoms. The molecule has 0 saturated carbocycles. The van der Waals surface area contributed by atoms with Crippen LogP contribution in [0.5, 0.6) is 0 Å². The molecule has 1 aromatic heterocycles. The van der Waals surface area contributed by atoms with Crippen molar-refractivity contribution < 1.29 is 13.2 Å². The summed E-state index contributed by atoms with van der Waals surface area (Å²) >= 11 is 1.36. The smallest absolute Gasteiger partial charge is 0.166 e. The number of hydrogen-bond acceptors (Lipinski definition) is 3. The molecule has 0 atom stereocenters. The zero-order chi connectivity index (χ0) is 17.9. The minimum atomic E-state index is -4.32. The van der Waals surface area contributed by atoms with Gasteiger partial charge in [-0.25, -0.2) is 0 Å². The van der Waals surface area contributed by atoms with Gasteiger partial charge in [-0.1, -0.05) is 54.2 Å². The van der Waals surface area contributed by atoms with Gasteiger partial charge in [0.05, 0.1) is 11.3 Å². The SMILES string of the molecule is Cc1ccccc1-c1ccc(SCc2cccc(C(F)(F)F)c2)nn1. The maximum Gasteiger partial charge on any atom is 0.416 e. The first-order chi connectivity index (χ1) is 11.9. The topological polar surface area (TPSA) is 25.8 Å². The average molecular weight is 360 g/mol. The Morgan fingerprint density at radius 1 is 0.920 bits per heavy atom. The Labute approximate surface area is 148 Å². The molecule has 1 heterocycles. The van der Waals surface area contributed by atoms with Gasteiger partial charge in [0, 0.05) is 11.3 Å². The Hall–Kier alpha value is -2.34. The summed E-state index contributed by atoms with van der Waals surface area (Å²) < 4.78 is 38.2. The molecule has 3 aromatic rings. The molecule has 2 nitrogen and oxygen atoms in total. The molecule has 0 N–H and O–H groups in total. The second-order valence-electron chi connectivity index (χ2n) is 5.56. The third-order valence-corrected chi connectivity index (χ3v) is 4.69. The third-order valence-electron chi connectivity index (χ3n) is 3.70. The number of rotatable bonds is 4. The number of aromatic nitrogens is 2. The summed E-state index contributed by atoms with van der Waals surface area (Å²) in [5.74, 6) is 0.405. The molecule has 0 radical (unpaired) electrons. The van der Waals surface area contributed by atoms with Gasteiger partial charge in [-0.15, -0.1) is 10.2 Å².